The molecule has 1 aliphatic heterocycles. The van der Waals surface area contributed by atoms with Crippen LogP contribution in [-0.2, 0) is 11.2 Å². The van der Waals surface area contributed by atoms with E-state index in [0.717, 1.165) is 41.6 Å². The van der Waals surface area contributed by atoms with Gasteiger partial charge in [-0.15, -0.1) is 0 Å². The maximum atomic E-state index is 12.2. The first kappa shape index (κ1) is 18.0. The highest BCUT2D eigenvalue weighted by atomic mass is 16.3. The van der Waals surface area contributed by atoms with Crippen molar-refractivity contribution in [3.63, 3.8) is 0 Å². The Labute approximate surface area is 150 Å². The van der Waals surface area contributed by atoms with Gasteiger partial charge in [0.1, 0.15) is 5.58 Å². The number of aryl methyl sites for hydroxylation is 2. The highest BCUT2D eigenvalue weighted by Gasteiger charge is 2.13. The SMILES string of the molecule is Cc1ccc2c(CC(=O)NCCCN3CCCCCC3)coc2c1C. The minimum Gasteiger partial charge on any atom is -0.464 e. The third kappa shape index (κ3) is 4.63. The Balaban J connectivity index is 1.46. The summed E-state index contributed by atoms with van der Waals surface area (Å²) in [6.07, 6.45) is 8.51. The molecule has 25 heavy (non-hydrogen) atoms. The number of carbonyl (C=O) groups excluding carboxylic acids is 1. The Morgan fingerprint density at radius 3 is 2.68 bits per heavy atom. The zero-order valence-electron chi connectivity index (χ0n) is 15.6. The largest absolute Gasteiger partial charge is 0.464 e. The Bertz CT molecular complexity index is 712. The number of nitrogens with zero attached hydrogens (tertiary/aromatic N) is 1. The minimum absolute atomic E-state index is 0.0804. The van der Waals surface area contributed by atoms with Crippen LogP contribution in [-0.4, -0.2) is 37.0 Å². The number of hydrogen-bond acceptors (Lipinski definition) is 3. The van der Waals surface area contributed by atoms with Crippen molar-refractivity contribution in [1.82, 2.24) is 10.2 Å². The van der Waals surface area contributed by atoms with Crippen LogP contribution >= 0.6 is 0 Å². The fourth-order valence-electron chi connectivity index (χ4n) is 3.65. The molecule has 0 atom stereocenters. The maximum absolute atomic E-state index is 12.2. The number of amides is 1. The van der Waals surface area contributed by atoms with Gasteiger partial charge in [-0.05, 0) is 63.9 Å². The molecule has 2 aromatic rings. The molecule has 4 heteroatoms. The Kier molecular flexibility index (Phi) is 6.14. The van der Waals surface area contributed by atoms with Crippen LogP contribution in [0.5, 0.6) is 0 Å². The molecule has 3 rings (SSSR count). The fourth-order valence-corrected chi connectivity index (χ4v) is 3.65. The van der Waals surface area contributed by atoms with E-state index in [4.69, 9.17) is 4.42 Å². The van der Waals surface area contributed by atoms with E-state index in [1.807, 2.05) is 0 Å². The van der Waals surface area contributed by atoms with Gasteiger partial charge in [0.15, 0.2) is 0 Å². The number of furan rings is 1. The molecule has 0 radical (unpaired) electrons. The molecule has 1 aromatic heterocycles. The number of hydrogen-bond donors (Lipinski definition) is 1. The molecular formula is C21H30N2O2. The molecule has 1 aromatic carbocycles. The van der Waals surface area contributed by atoms with Crippen molar-refractivity contribution in [3.8, 4) is 0 Å². The first-order valence-electron chi connectivity index (χ1n) is 9.60. The van der Waals surface area contributed by atoms with E-state index in [-0.39, 0.29) is 5.91 Å². The standard InChI is InChI=1S/C21H30N2O2/c1-16-8-9-19-18(15-25-21(19)17(16)2)14-20(24)22-10-7-13-23-11-5-3-4-6-12-23/h8-9,15H,3-7,10-14H2,1-2H3,(H,22,24). The monoisotopic (exact) mass is 342 g/mol. The highest BCUT2D eigenvalue weighted by molar-refractivity contribution is 5.89. The van der Waals surface area contributed by atoms with Gasteiger partial charge in [-0.1, -0.05) is 25.0 Å². The van der Waals surface area contributed by atoms with Crippen molar-refractivity contribution in [1.29, 1.82) is 0 Å². The van der Waals surface area contributed by atoms with Crippen LogP contribution < -0.4 is 5.32 Å². The van der Waals surface area contributed by atoms with Gasteiger partial charge in [-0.25, -0.2) is 0 Å². The van der Waals surface area contributed by atoms with Gasteiger partial charge < -0.3 is 14.6 Å². The van der Waals surface area contributed by atoms with Crippen LogP contribution in [0.4, 0.5) is 0 Å². The molecule has 1 aliphatic rings. The summed E-state index contributed by atoms with van der Waals surface area (Å²) in [5.74, 6) is 0.0804. The Morgan fingerprint density at radius 1 is 1.16 bits per heavy atom. The summed E-state index contributed by atoms with van der Waals surface area (Å²) >= 11 is 0. The smallest absolute Gasteiger partial charge is 0.224 e. The van der Waals surface area contributed by atoms with Gasteiger partial charge in [0.05, 0.1) is 12.7 Å². The lowest BCUT2D eigenvalue weighted by Crippen LogP contribution is -2.31. The highest BCUT2D eigenvalue weighted by Crippen LogP contribution is 2.26. The summed E-state index contributed by atoms with van der Waals surface area (Å²) in [4.78, 5) is 14.8. The second-order valence-electron chi connectivity index (χ2n) is 7.28. The number of benzene rings is 1. The number of rotatable bonds is 6. The van der Waals surface area contributed by atoms with Crippen molar-refractivity contribution in [2.45, 2.75) is 52.4 Å². The van der Waals surface area contributed by atoms with Crippen LogP contribution in [0, 0.1) is 13.8 Å². The summed E-state index contributed by atoms with van der Waals surface area (Å²) in [5.41, 5.74) is 4.25. The Hall–Kier alpha value is -1.81. The van der Waals surface area contributed by atoms with E-state index in [2.05, 4.69) is 36.2 Å². The molecule has 1 saturated heterocycles. The lowest BCUT2D eigenvalue weighted by molar-refractivity contribution is -0.120. The zero-order chi connectivity index (χ0) is 17.6. The van der Waals surface area contributed by atoms with Crippen LogP contribution in [0.25, 0.3) is 11.0 Å². The summed E-state index contributed by atoms with van der Waals surface area (Å²) in [6.45, 7) is 8.42. The fraction of sp³-hybridized carbons (Fsp3) is 0.571. The number of likely N-dealkylation sites (tertiary alicyclic amines) is 1. The van der Waals surface area contributed by atoms with Crippen LogP contribution in [0.1, 0.15) is 48.8 Å². The first-order chi connectivity index (χ1) is 12.1. The molecule has 0 spiro atoms. The van der Waals surface area contributed by atoms with Gasteiger partial charge >= 0.3 is 0 Å². The third-order valence-electron chi connectivity index (χ3n) is 5.36. The topological polar surface area (TPSA) is 45.5 Å². The van der Waals surface area contributed by atoms with E-state index >= 15 is 0 Å². The van der Waals surface area contributed by atoms with Crippen molar-refractivity contribution in [3.05, 3.63) is 35.1 Å². The van der Waals surface area contributed by atoms with Crippen molar-refractivity contribution in [2.75, 3.05) is 26.2 Å². The Morgan fingerprint density at radius 2 is 1.92 bits per heavy atom. The molecule has 1 amide bonds. The molecule has 0 saturated carbocycles. The molecule has 1 N–H and O–H groups in total. The van der Waals surface area contributed by atoms with E-state index in [1.54, 1.807) is 6.26 Å². The molecule has 0 bridgehead atoms. The number of nitrogens with one attached hydrogen (secondary N) is 1. The second-order valence-corrected chi connectivity index (χ2v) is 7.28. The molecule has 136 valence electrons. The lowest BCUT2D eigenvalue weighted by Gasteiger charge is -2.19. The van der Waals surface area contributed by atoms with Gasteiger partial charge in [-0.3, -0.25) is 4.79 Å². The van der Waals surface area contributed by atoms with Crippen molar-refractivity contribution in [2.24, 2.45) is 0 Å². The maximum Gasteiger partial charge on any atom is 0.224 e. The van der Waals surface area contributed by atoms with Gasteiger partial charge in [-0.2, -0.15) is 0 Å². The van der Waals surface area contributed by atoms with Crippen LogP contribution in [0.2, 0.25) is 0 Å². The second kappa shape index (κ2) is 8.52. The predicted octanol–water partition coefficient (Wildman–Crippen LogP) is 3.97. The van der Waals surface area contributed by atoms with Crippen LogP contribution in [0.15, 0.2) is 22.8 Å². The molecule has 0 aliphatic carbocycles. The van der Waals surface area contributed by atoms with E-state index < -0.39 is 0 Å². The molecule has 0 unspecified atom stereocenters. The average Bonchev–Trinajstić information content (AvgIpc) is 2.82. The number of carbonyl (C=O) groups is 1. The lowest BCUT2D eigenvalue weighted by atomic mass is 10.0. The third-order valence-corrected chi connectivity index (χ3v) is 5.36. The molecular weight excluding hydrogens is 312 g/mol. The van der Waals surface area contributed by atoms with E-state index in [9.17, 15) is 4.79 Å². The van der Waals surface area contributed by atoms with Gasteiger partial charge in [0, 0.05) is 17.5 Å². The van der Waals surface area contributed by atoms with Crippen LogP contribution in [0.3, 0.4) is 0 Å². The summed E-state index contributed by atoms with van der Waals surface area (Å²) in [7, 11) is 0. The van der Waals surface area contributed by atoms with Crippen molar-refractivity contribution < 1.29 is 9.21 Å². The first-order valence-corrected chi connectivity index (χ1v) is 9.60. The number of fused-ring (bicyclic) bond motifs is 1. The zero-order valence-corrected chi connectivity index (χ0v) is 15.6. The summed E-state index contributed by atoms with van der Waals surface area (Å²) < 4.78 is 5.69. The normalized spacial score (nSPS) is 16.1. The van der Waals surface area contributed by atoms with Gasteiger partial charge in [0.2, 0.25) is 5.91 Å². The molecule has 2 heterocycles. The molecule has 4 nitrogen and oxygen atoms in total. The average molecular weight is 342 g/mol. The molecule has 1 fully saturated rings. The van der Waals surface area contributed by atoms with Crippen molar-refractivity contribution >= 4 is 16.9 Å². The van der Waals surface area contributed by atoms with E-state index in [0.29, 0.717) is 6.42 Å². The summed E-state index contributed by atoms with van der Waals surface area (Å²) in [5, 5.41) is 4.12. The predicted molar refractivity (Wildman–Crippen MR) is 102 cm³/mol. The van der Waals surface area contributed by atoms with E-state index in [1.165, 1.54) is 44.3 Å². The minimum atomic E-state index is 0.0804. The van der Waals surface area contributed by atoms with Gasteiger partial charge in [0.25, 0.3) is 0 Å². The summed E-state index contributed by atoms with van der Waals surface area (Å²) in [6, 6.07) is 4.15. The quantitative estimate of drug-likeness (QED) is 0.808.